The van der Waals surface area contributed by atoms with Gasteiger partial charge in [0.15, 0.2) is 0 Å². The SMILES string of the molecule is CC(C)(C)[Si](C)(C)N([Si](C)(C)C)[Si](C)(C)F. The van der Waals surface area contributed by atoms with Crippen LogP contribution in [-0.2, 0) is 0 Å². The Balaban J connectivity index is 5.57. The third kappa shape index (κ3) is 3.51. The van der Waals surface area contributed by atoms with Crippen molar-refractivity contribution in [1.82, 2.24) is 3.90 Å². The standard InChI is InChI=1S/C11H30FNSi3/c1-11(2,3)15(7,8)13(14(4,5)6)16(9,10)12/h1-10H3. The summed E-state index contributed by atoms with van der Waals surface area (Å²) in [6.07, 6.45) is 0. The van der Waals surface area contributed by atoms with E-state index in [1.54, 1.807) is 0 Å². The molecule has 0 saturated heterocycles. The van der Waals surface area contributed by atoms with E-state index in [1.807, 2.05) is 13.1 Å². The van der Waals surface area contributed by atoms with Gasteiger partial charge in [0, 0.05) is 0 Å². The predicted molar refractivity (Wildman–Crippen MR) is 81.0 cm³/mol. The van der Waals surface area contributed by atoms with E-state index in [-0.39, 0.29) is 5.04 Å². The van der Waals surface area contributed by atoms with Gasteiger partial charge in [0.05, 0.1) is 0 Å². The second kappa shape index (κ2) is 4.33. The number of nitrogens with zero attached hydrogens (tertiary/aromatic N) is 1. The molecule has 0 aromatic rings. The van der Waals surface area contributed by atoms with Crippen LogP contribution in [-0.4, -0.2) is 28.9 Å². The topological polar surface area (TPSA) is 3.24 Å². The highest BCUT2D eigenvalue weighted by Crippen LogP contribution is 2.43. The van der Waals surface area contributed by atoms with Crippen molar-refractivity contribution in [1.29, 1.82) is 0 Å². The van der Waals surface area contributed by atoms with Crippen LogP contribution in [0.1, 0.15) is 20.8 Å². The molecule has 0 radical (unpaired) electrons. The smallest absolute Gasteiger partial charge is 0.303 e. The fourth-order valence-corrected chi connectivity index (χ4v) is 23.7. The summed E-state index contributed by atoms with van der Waals surface area (Å²) in [6.45, 7) is 22.0. The Hall–Kier alpha value is 0.541. The molecule has 0 rings (SSSR count). The van der Waals surface area contributed by atoms with Crippen molar-refractivity contribution in [2.45, 2.75) is 71.6 Å². The van der Waals surface area contributed by atoms with E-state index in [9.17, 15) is 4.11 Å². The van der Waals surface area contributed by atoms with E-state index in [4.69, 9.17) is 0 Å². The van der Waals surface area contributed by atoms with E-state index in [0.29, 0.717) is 0 Å². The molecule has 0 N–H and O–H groups in total. The summed E-state index contributed by atoms with van der Waals surface area (Å²) >= 11 is 0. The first-order valence-corrected chi connectivity index (χ1v) is 15.3. The van der Waals surface area contributed by atoms with Crippen LogP contribution in [0, 0.1) is 0 Å². The van der Waals surface area contributed by atoms with Gasteiger partial charge in [0.25, 0.3) is 0 Å². The Morgan fingerprint density at radius 2 is 1.12 bits per heavy atom. The van der Waals surface area contributed by atoms with E-state index in [2.05, 4.69) is 57.4 Å². The lowest BCUT2D eigenvalue weighted by atomic mass is 10.2. The summed E-state index contributed by atoms with van der Waals surface area (Å²) in [5.41, 5.74) is 0. The largest absolute Gasteiger partial charge is 0.343 e. The summed E-state index contributed by atoms with van der Waals surface area (Å²) in [5.74, 6) is 0. The average Bonchev–Trinajstić information content (AvgIpc) is 1.72. The van der Waals surface area contributed by atoms with E-state index in [0.717, 1.165) is 0 Å². The van der Waals surface area contributed by atoms with Crippen LogP contribution in [0.15, 0.2) is 0 Å². The molecule has 0 amide bonds. The molecule has 0 unspecified atom stereocenters. The molecule has 0 aliphatic carbocycles. The Morgan fingerprint density at radius 3 is 1.19 bits per heavy atom. The average molecular weight is 280 g/mol. The van der Waals surface area contributed by atoms with Crippen molar-refractivity contribution in [3.05, 3.63) is 0 Å². The van der Waals surface area contributed by atoms with Gasteiger partial charge in [0.1, 0.15) is 16.5 Å². The summed E-state index contributed by atoms with van der Waals surface area (Å²) in [4.78, 5) is 0. The van der Waals surface area contributed by atoms with Crippen LogP contribution >= 0.6 is 0 Å². The predicted octanol–water partition coefficient (Wildman–Crippen LogP) is 4.80. The minimum Gasteiger partial charge on any atom is -0.343 e. The van der Waals surface area contributed by atoms with Gasteiger partial charge >= 0.3 is 8.57 Å². The molecule has 0 heterocycles. The van der Waals surface area contributed by atoms with Gasteiger partial charge in [-0.2, -0.15) is 0 Å². The summed E-state index contributed by atoms with van der Waals surface area (Å²) in [7, 11) is -6.02. The molecule has 0 aromatic carbocycles. The lowest BCUT2D eigenvalue weighted by molar-refractivity contribution is 0.621. The Bertz CT molecular complexity index is 231. The first-order valence-electron chi connectivity index (χ1n) is 6.11. The molecule has 98 valence electrons. The van der Waals surface area contributed by atoms with Crippen molar-refractivity contribution in [2.75, 3.05) is 0 Å². The quantitative estimate of drug-likeness (QED) is 0.530. The van der Waals surface area contributed by atoms with Crippen molar-refractivity contribution in [3.63, 3.8) is 0 Å². The second-order valence-electron chi connectivity index (χ2n) is 7.72. The molecule has 16 heavy (non-hydrogen) atoms. The molecule has 1 nitrogen and oxygen atoms in total. The third-order valence-corrected chi connectivity index (χ3v) is 21.4. The molecule has 0 atom stereocenters. The molecule has 5 heteroatoms. The summed E-state index contributed by atoms with van der Waals surface area (Å²) in [5, 5.41) is 0.226. The molecule has 0 saturated carbocycles. The van der Waals surface area contributed by atoms with E-state index >= 15 is 0 Å². The van der Waals surface area contributed by atoms with E-state index < -0.39 is 25.0 Å². The normalized spacial score (nSPS) is 15.8. The number of hydrogen-bond donors (Lipinski definition) is 0. The second-order valence-corrected chi connectivity index (χ2v) is 22.2. The Kier molecular flexibility index (Phi) is 4.48. The zero-order chi connectivity index (χ0) is 13.6. The number of halogens is 1. The minimum atomic E-state index is -2.71. The summed E-state index contributed by atoms with van der Waals surface area (Å²) in [6, 6.07) is 0. The lowest BCUT2D eigenvalue weighted by Crippen LogP contribution is -2.72. The maximum Gasteiger partial charge on any atom is 0.303 e. The van der Waals surface area contributed by atoms with Crippen LogP contribution in [0.4, 0.5) is 4.11 Å². The lowest BCUT2D eigenvalue weighted by Gasteiger charge is -2.55. The van der Waals surface area contributed by atoms with Crippen LogP contribution < -0.4 is 0 Å². The maximum atomic E-state index is 14.7. The Morgan fingerprint density at radius 1 is 0.812 bits per heavy atom. The number of hydrogen-bond acceptors (Lipinski definition) is 1. The molecule has 0 aliphatic rings. The van der Waals surface area contributed by atoms with E-state index in [1.165, 1.54) is 0 Å². The molecule has 0 aliphatic heterocycles. The first-order chi connectivity index (χ1) is 6.62. The van der Waals surface area contributed by atoms with Crippen LogP contribution in [0.2, 0.25) is 50.9 Å². The van der Waals surface area contributed by atoms with Crippen LogP contribution in [0.5, 0.6) is 0 Å². The molecule has 0 aromatic heterocycles. The minimum absolute atomic E-state index is 0.226. The van der Waals surface area contributed by atoms with Gasteiger partial charge in [-0.25, -0.2) is 0 Å². The van der Waals surface area contributed by atoms with Crippen LogP contribution in [0.25, 0.3) is 0 Å². The molecule has 0 fully saturated rings. The molecular formula is C11H30FNSi3. The fraction of sp³-hybridized carbons (Fsp3) is 1.00. The highest BCUT2D eigenvalue weighted by atomic mass is 28.5. The zero-order valence-corrected chi connectivity index (χ0v) is 15.8. The van der Waals surface area contributed by atoms with Crippen molar-refractivity contribution in [3.8, 4) is 0 Å². The van der Waals surface area contributed by atoms with Gasteiger partial charge < -0.3 is 3.90 Å². The molecule has 0 spiro atoms. The highest BCUT2D eigenvalue weighted by Gasteiger charge is 2.52. The van der Waals surface area contributed by atoms with Crippen LogP contribution in [0.3, 0.4) is 0 Å². The van der Waals surface area contributed by atoms with Gasteiger partial charge in [-0.05, 0) is 18.1 Å². The van der Waals surface area contributed by atoms with Gasteiger partial charge in [-0.3, -0.25) is 4.11 Å². The highest BCUT2D eigenvalue weighted by molar-refractivity contribution is 7.03. The Labute approximate surface area is 105 Å². The van der Waals surface area contributed by atoms with Crippen molar-refractivity contribution >= 4 is 25.0 Å². The van der Waals surface area contributed by atoms with Crippen molar-refractivity contribution in [2.24, 2.45) is 0 Å². The van der Waals surface area contributed by atoms with Gasteiger partial charge in [-0.1, -0.05) is 53.5 Å². The molecular weight excluding hydrogens is 249 g/mol. The summed E-state index contributed by atoms with van der Waals surface area (Å²) < 4.78 is 17.1. The van der Waals surface area contributed by atoms with Gasteiger partial charge in [-0.15, -0.1) is 0 Å². The number of rotatable bonds is 3. The van der Waals surface area contributed by atoms with Gasteiger partial charge in [0.2, 0.25) is 0 Å². The van der Waals surface area contributed by atoms with Crippen molar-refractivity contribution < 1.29 is 4.11 Å². The maximum absolute atomic E-state index is 14.7. The monoisotopic (exact) mass is 279 g/mol. The zero-order valence-electron chi connectivity index (χ0n) is 12.8. The molecule has 0 bridgehead atoms. The third-order valence-electron chi connectivity index (χ3n) is 3.60. The fourth-order valence-electron chi connectivity index (χ4n) is 2.64. The first kappa shape index (κ1) is 16.5.